The molecule has 0 bridgehead atoms. The van der Waals surface area contributed by atoms with E-state index in [0.717, 1.165) is 146 Å². The summed E-state index contributed by atoms with van der Waals surface area (Å²) in [7, 11) is -2.43. The van der Waals surface area contributed by atoms with Crippen molar-refractivity contribution < 1.29 is 66.6 Å². The third-order valence-electron chi connectivity index (χ3n) is 17.1. The minimum Gasteiger partial charge on any atom is -0.377 e. The Morgan fingerprint density at radius 2 is 0.277 bits per heavy atom. The molecule has 3 unspecified atom stereocenters. The molecule has 0 aliphatic carbocycles. The second-order valence-corrected chi connectivity index (χ2v) is 22.5. The second-order valence-electron chi connectivity index (χ2n) is 22.5. The average Bonchev–Trinajstić information content (AvgIpc) is 0.739. The number of hydrogen-bond donors (Lipinski definition) is 0. The molecule has 468 valence electrons. The molecule has 0 saturated carbocycles. The van der Waals surface area contributed by atoms with Crippen molar-refractivity contribution in [1.29, 1.82) is 0 Å². The fourth-order valence-corrected chi connectivity index (χ4v) is 12.9. The van der Waals surface area contributed by atoms with Gasteiger partial charge in [0, 0.05) is 0 Å². The summed E-state index contributed by atoms with van der Waals surface area (Å²) in [6.45, 7) is 0. The van der Waals surface area contributed by atoms with E-state index in [1.807, 2.05) is 0 Å². The molecule has 0 spiro atoms. The molecule has 0 radical (unpaired) electrons. The van der Waals surface area contributed by atoms with Crippen molar-refractivity contribution in [2.45, 2.75) is 34.6 Å². The van der Waals surface area contributed by atoms with Gasteiger partial charge in [0.15, 0.2) is 0 Å². The maximum atomic E-state index is 15.8. The van der Waals surface area contributed by atoms with Crippen LogP contribution in [0.3, 0.4) is 0 Å². The summed E-state index contributed by atoms with van der Waals surface area (Å²) in [5.41, 5.74) is -4.20. The Morgan fingerprint density at radius 1 is 0.170 bits per heavy atom. The minimum absolute atomic E-state index is 0.0805. The second kappa shape index (κ2) is 27.1. The summed E-state index contributed by atoms with van der Waals surface area (Å²) >= 11 is 0. The number of hydrogen-bond acceptors (Lipinski definition) is 3. The Balaban J connectivity index is 1.25. The first-order valence-corrected chi connectivity index (χ1v) is 29.5. The van der Waals surface area contributed by atoms with Crippen LogP contribution >= 0.6 is 0 Å². The van der Waals surface area contributed by atoms with Crippen LogP contribution in [0.1, 0.15) is 85.1 Å². The molecule has 0 saturated heterocycles. The first-order valence-electron chi connectivity index (χ1n) is 29.5. The highest BCUT2D eigenvalue weighted by Crippen LogP contribution is 2.57. The molecule has 0 aromatic heterocycles. The molecule has 3 atom stereocenters. The third-order valence-corrected chi connectivity index (χ3v) is 17.1. The summed E-state index contributed by atoms with van der Waals surface area (Å²) in [6.07, 6.45) is -5.39. The van der Waals surface area contributed by atoms with Gasteiger partial charge in [0.05, 0.1) is 34.6 Å². The molecule has 0 aliphatic heterocycles. The number of benzene rings is 12. The monoisotopic (exact) mass is 1270 g/mol. The molecule has 12 aromatic rings. The third kappa shape index (κ3) is 12.6. The van der Waals surface area contributed by atoms with Gasteiger partial charge in [-0.2, -0.15) is 0 Å². The highest BCUT2D eigenvalue weighted by molar-refractivity contribution is 6.36. The average molecular weight is 1280 g/mol. The van der Waals surface area contributed by atoms with Gasteiger partial charge < -0.3 is 14.0 Å². The van der Waals surface area contributed by atoms with Crippen LogP contribution in [0.15, 0.2) is 291 Å². The topological polar surface area (TPSA) is 27.7 Å². The number of rotatable bonds is 21. The summed E-state index contributed by atoms with van der Waals surface area (Å²) in [5, 5.41) is 0. The molecule has 94 heavy (non-hydrogen) atoms. The van der Waals surface area contributed by atoms with E-state index in [1.165, 1.54) is 146 Å². The largest absolute Gasteiger partial charge is 0.640 e. The lowest BCUT2D eigenvalue weighted by molar-refractivity contribution is -0.0275. The first-order chi connectivity index (χ1) is 45.4. The van der Waals surface area contributed by atoms with Crippen LogP contribution in [0.4, 0.5) is 52.7 Å². The van der Waals surface area contributed by atoms with Crippen LogP contribution in [0.5, 0.6) is 0 Å². The molecule has 12 aromatic carbocycles. The van der Waals surface area contributed by atoms with Gasteiger partial charge in [0.2, 0.25) is 0 Å². The van der Waals surface area contributed by atoms with Crippen LogP contribution in [0.25, 0.3) is 0 Å². The summed E-state index contributed by atoms with van der Waals surface area (Å²) in [5.74, 6) is -8.57. The Labute approximate surface area is 534 Å². The minimum atomic E-state index is -2.43. The molecule has 0 fully saturated rings. The summed E-state index contributed by atoms with van der Waals surface area (Å²) in [6, 6.07) is 60.7. The maximum absolute atomic E-state index is 15.8. The van der Waals surface area contributed by atoms with Gasteiger partial charge >= 0.3 is 7.32 Å². The Morgan fingerprint density at radius 3 is 0.394 bits per heavy atom. The van der Waals surface area contributed by atoms with Crippen LogP contribution < -0.4 is 0 Å². The van der Waals surface area contributed by atoms with Crippen LogP contribution in [-0.2, 0) is 30.2 Å². The highest BCUT2D eigenvalue weighted by atomic mass is 19.2. The Hall–Kier alpha value is -10.3. The van der Waals surface area contributed by atoms with E-state index in [9.17, 15) is 0 Å². The lowest BCUT2D eigenvalue weighted by Crippen LogP contribution is -2.48. The highest BCUT2D eigenvalue weighted by Gasteiger charge is 2.55. The van der Waals surface area contributed by atoms with E-state index in [1.54, 1.807) is 0 Å². The van der Waals surface area contributed by atoms with Crippen molar-refractivity contribution in [3.05, 3.63) is 428 Å². The molecule has 16 heteroatoms. The van der Waals surface area contributed by atoms with Crippen molar-refractivity contribution in [1.82, 2.24) is 0 Å². The van der Waals surface area contributed by atoms with Crippen LogP contribution in [-0.4, -0.2) is 7.32 Å². The smallest absolute Gasteiger partial charge is 0.377 e. The van der Waals surface area contributed by atoms with Gasteiger partial charge in [0.25, 0.3) is 0 Å². The molecule has 0 aliphatic rings. The van der Waals surface area contributed by atoms with E-state index < -0.39 is 112 Å². The molecule has 12 rings (SSSR count). The molecular weight excluding hydrogens is 1220 g/mol. The van der Waals surface area contributed by atoms with Crippen LogP contribution in [0, 0.1) is 69.8 Å². The maximum Gasteiger partial charge on any atom is 0.640 e. The SMILES string of the molecule is Fc1ccc(C(OB(OC(c2ccc(F)cc2)C(c2ccc(F)cc2)(c2ccc(F)cc2)c2ccc(F)cc2)OC(c2ccc(F)cc2)C(c2ccc(F)cc2)(c2ccc(F)cc2)c2ccc(F)cc2)C(c2ccc(F)cc2)(c2ccc(F)cc2)c2ccc(F)cc2)cc1. The lowest BCUT2D eigenvalue weighted by Gasteiger charge is -2.47. The van der Waals surface area contributed by atoms with Crippen molar-refractivity contribution >= 4 is 7.32 Å². The van der Waals surface area contributed by atoms with Crippen molar-refractivity contribution in [3.63, 3.8) is 0 Å². The van der Waals surface area contributed by atoms with Gasteiger partial charge in [-0.3, -0.25) is 0 Å². The first kappa shape index (κ1) is 63.9. The van der Waals surface area contributed by atoms with E-state index in [-0.39, 0.29) is 66.8 Å². The molecule has 0 N–H and O–H groups in total. The molecule has 0 amide bonds. The van der Waals surface area contributed by atoms with Crippen molar-refractivity contribution in [2.75, 3.05) is 0 Å². The zero-order chi connectivity index (χ0) is 65.7. The van der Waals surface area contributed by atoms with Gasteiger partial charge in [-0.15, -0.1) is 0 Å². The summed E-state index contributed by atoms with van der Waals surface area (Å²) in [4.78, 5) is 0. The summed E-state index contributed by atoms with van der Waals surface area (Å²) < 4.78 is 211. The predicted octanol–water partition coefficient (Wildman–Crippen LogP) is 20.0. The fourth-order valence-electron chi connectivity index (χ4n) is 12.9. The van der Waals surface area contributed by atoms with E-state index in [2.05, 4.69) is 0 Å². The van der Waals surface area contributed by atoms with E-state index >= 15 is 52.7 Å². The van der Waals surface area contributed by atoms with Gasteiger partial charge in [-0.1, -0.05) is 146 Å². The van der Waals surface area contributed by atoms with E-state index in [0.29, 0.717) is 0 Å². The standard InChI is InChI=1S/C78H51BF12O3/c80-61-25-1-49(2-26-61)73(76(52-7-31-64(83)32-8-52,53-9-33-65(84)34-10-53)54-11-35-66(85)36-12-54)92-79(93-74(50-3-27-62(81)28-4-50)77(55-13-37-67(86)38-14-55,56-15-39-68(87)40-16-56)57-17-41-69(88)42-18-57)94-75(51-5-29-63(82)30-6-51)78(58-19-43-70(89)44-20-58,59-21-45-71(90)46-22-59)60-23-47-72(91)48-24-60/h1-48,73-75H. The van der Waals surface area contributed by atoms with Crippen molar-refractivity contribution in [2.24, 2.45) is 0 Å². The zero-order valence-electron chi connectivity index (χ0n) is 49.3. The van der Waals surface area contributed by atoms with Gasteiger partial charge in [-0.05, 0) is 212 Å². The molecule has 0 heterocycles. The van der Waals surface area contributed by atoms with E-state index in [4.69, 9.17) is 14.0 Å². The van der Waals surface area contributed by atoms with Gasteiger partial charge in [-0.25, -0.2) is 52.7 Å². The zero-order valence-corrected chi connectivity index (χ0v) is 49.3. The van der Waals surface area contributed by atoms with Crippen molar-refractivity contribution in [3.8, 4) is 0 Å². The Kier molecular flexibility index (Phi) is 18.4. The molecular formula is C78H51BF12O3. The quantitative estimate of drug-likeness (QED) is 0.0408. The normalized spacial score (nSPS) is 12.9. The predicted molar refractivity (Wildman–Crippen MR) is 334 cm³/mol. The van der Waals surface area contributed by atoms with Gasteiger partial charge in [0.1, 0.15) is 69.8 Å². The lowest BCUT2D eigenvalue weighted by atomic mass is 9.63. The van der Waals surface area contributed by atoms with Crippen LogP contribution in [0.2, 0.25) is 0 Å². The fraction of sp³-hybridized carbons (Fsp3) is 0.0769. The molecule has 3 nitrogen and oxygen atoms in total. The Bertz CT molecular complexity index is 3690. The number of halogens is 12.